The fraction of sp³-hybridized carbons (Fsp3) is 0.333. The zero-order chi connectivity index (χ0) is 16.1. The molecule has 1 heterocycles. The number of hydrogen-bond donors (Lipinski definition) is 0. The van der Waals surface area contributed by atoms with Gasteiger partial charge in [-0.2, -0.15) is 0 Å². The maximum absolute atomic E-state index is 5.53. The van der Waals surface area contributed by atoms with Crippen molar-refractivity contribution in [2.24, 2.45) is 0 Å². The fourth-order valence-electron chi connectivity index (χ4n) is 3.22. The summed E-state index contributed by atoms with van der Waals surface area (Å²) in [5.41, 5.74) is 5.10. The Morgan fingerprint density at radius 1 is 0.957 bits per heavy atom. The quantitative estimate of drug-likeness (QED) is 0.758. The van der Waals surface area contributed by atoms with Gasteiger partial charge in [0, 0.05) is 18.8 Å². The summed E-state index contributed by atoms with van der Waals surface area (Å²) in [5, 5.41) is 0. The molecular weight excluding hydrogens is 282 g/mol. The maximum atomic E-state index is 5.53. The van der Waals surface area contributed by atoms with E-state index in [2.05, 4.69) is 54.3 Å². The van der Waals surface area contributed by atoms with Gasteiger partial charge in [-0.1, -0.05) is 30.3 Å². The molecule has 1 fully saturated rings. The topological polar surface area (TPSA) is 12.5 Å². The van der Waals surface area contributed by atoms with E-state index in [1.165, 1.54) is 48.3 Å². The monoisotopic (exact) mass is 307 g/mol. The predicted octanol–water partition coefficient (Wildman–Crippen LogP) is 5.14. The van der Waals surface area contributed by atoms with Crippen molar-refractivity contribution in [2.45, 2.75) is 26.7 Å². The van der Waals surface area contributed by atoms with Crippen LogP contribution in [0.15, 0.2) is 54.6 Å². The van der Waals surface area contributed by atoms with E-state index in [4.69, 9.17) is 4.74 Å². The lowest BCUT2D eigenvalue weighted by atomic mass is 9.97. The van der Waals surface area contributed by atoms with Crippen molar-refractivity contribution in [3.63, 3.8) is 0 Å². The Morgan fingerprint density at radius 2 is 1.52 bits per heavy atom. The van der Waals surface area contributed by atoms with Crippen LogP contribution >= 0.6 is 0 Å². The van der Waals surface area contributed by atoms with Crippen molar-refractivity contribution in [3.8, 4) is 5.75 Å². The molecule has 0 radical (unpaired) electrons. The Bertz CT molecular complexity index is 649. The van der Waals surface area contributed by atoms with Crippen molar-refractivity contribution < 1.29 is 4.74 Å². The molecule has 0 saturated carbocycles. The minimum Gasteiger partial charge on any atom is -0.494 e. The zero-order valence-corrected chi connectivity index (χ0v) is 14.1. The van der Waals surface area contributed by atoms with Gasteiger partial charge in [0.25, 0.3) is 0 Å². The van der Waals surface area contributed by atoms with Crippen LogP contribution in [-0.2, 0) is 0 Å². The predicted molar refractivity (Wildman–Crippen MR) is 98.3 cm³/mol. The van der Waals surface area contributed by atoms with E-state index in [-0.39, 0.29) is 0 Å². The average molecular weight is 307 g/mol. The molecular formula is C21H25NO. The molecule has 1 aliphatic heterocycles. The summed E-state index contributed by atoms with van der Waals surface area (Å²) in [7, 11) is 0. The largest absolute Gasteiger partial charge is 0.494 e. The summed E-state index contributed by atoms with van der Waals surface area (Å²) in [5.74, 6) is 0.927. The van der Waals surface area contributed by atoms with E-state index >= 15 is 0 Å². The third kappa shape index (κ3) is 3.58. The maximum Gasteiger partial charge on any atom is 0.119 e. The molecule has 0 atom stereocenters. The van der Waals surface area contributed by atoms with E-state index < -0.39 is 0 Å². The molecule has 2 nitrogen and oxygen atoms in total. The number of anilines is 1. The second kappa shape index (κ2) is 7.36. The van der Waals surface area contributed by atoms with Crippen LogP contribution in [0, 0.1) is 0 Å². The molecule has 120 valence electrons. The molecule has 0 N–H and O–H groups in total. The normalized spacial score (nSPS) is 15.0. The second-order valence-electron chi connectivity index (χ2n) is 5.90. The van der Waals surface area contributed by atoms with Gasteiger partial charge in [0.1, 0.15) is 5.75 Å². The lowest BCUT2D eigenvalue weighted by Gasteiger charge is -2.18. The van der Waals surface area contributed by atoms with Crippen LogP contribution in [0.4, 0.5) is 5.69 Å². The van der Waals surface area contributed by atoms with Crippen molar-refractivity contribution >= 4 is 11.3 Å². The first-order valence-corrected chi connectivity index (χ1v) is 8.56. The third-order valence-electron chi connectivity index (χ3n) is 4.41. The standard InChI is InChI=1S/C21H25NO/c1-3-21(18-9-13-20(14-10-18)23-4-2)17-7-11-19(12-8-17)22-15-5-6-16-22/h3,7-14H,4-6,15-16H2,1-2H3. The highest BCUT2D eigenvalue weighted by Crippen LogP contribution is 2.28. The van der Waals surface area contributed by atoms with E-state index in [0.717, 1.165) is 5.75 Å². The van der Waals surface area contributed by atoms with Crippen molar-refractivity contribution in [1.29, 1.82) is 0 Å². The van der Waals surface area contributed by atoms with Gasteiger partial charge in [-0.05, 0) is 67.7 Å². The summed E-state index contributed by atoms with van der Waals surface area (Å²) in [6, 6.07) is 17.3. The van der Waals surface area contributed by atoms with Gasteiger partial charge >= 0.3 is 0 Å². The highest BCUT2D eigenvalue weighted by atomic mass is 16.5. The molecule has 2 aromatic rings. The summed E-state index contributed by atoms with van der Waals surface area (Å²) in [4.78, 5) is 2.47. The van der Waals surface area contributed by atoms with Crippen molar-refractivity contribution in [3.05, 3.63) is 65.7 Å². The van der Waals surface area contributed by atoms with Gasteiger partial charge in [-0.25, -0.2) is 0 Å². The van der Waals surface area contributed by atoms with Crippen LogP contribution in [-0.4, -0.2) is 19.7 Å². The average Bonchev–Trinajstić information content (AvgIpc) is 3.13. The zero-order valence-electron chi connectivity index (χ0n) is 14.1. The molecule has 0 bridgehead atoms. The Hall–Kier alpha value is -2.22. The number of hydrogen-bond acceptors (Lipinski definition) is 2. The van der Waals surface area contributed by atoms with Crippen LogP contribution in [0.5, 0.6) is 5.75 Å². The highest BCUT2D eigenvalue weighted by Gasteiger charge is 2.12. The molecule has 2 aromatic carbocycles. The van der Waals surface area contributed by atoms with Crippen LogP contribution in [0.25, 0.3) is 5.57 Å². The van der Waals surface area contributed by atoms with Crippen molar-refractivity contribution in [1.82, 2.24) is 0 Å². The summed E-state index contributed by atoms with van der Waals surface area (Å²) in [6.45, 7) is 7.19. The van der Waals surface area contributed by atoms with Gasteiger partial charge in [-0.15, -0.1) is 0 Å². The summed E-state index contributed by atoms with van der Waals surface area (Å²) < 4.78 is 5.53. The van der Waals surface area contributed by atoms with Crippen molar-refractivity contribution in [2.75, 3.05) is 24.6 Å². The molecule has 0 unspecified atom stereocenters. The van der Waals surface area contributed by atoms with Crippen LogP contribution in [0.1, 0.15) is 37.8 Å². The Labute approximate surface area is 139 Å². The SMILES string of the molecule is CC=C(c1ccc(OCC)cc1)c1ccc(N2CCCC2)cc1. The number of benzene rings is 2. The van der Waals surface area contributed by atoms with E-state index in [1.807, 2.05) is 19.1 Å². The molecule has 1 saturated heterocycles. The van der Waals surface area contributed by atoms with Crippen LogP contribution < -0.4 is 9.64 Å². The molecule has 0 amide bonds. The lowest BCUT2D eigenvalue weighted by molar-refractivity contribution is 0.340. The number of nitrogens with zero attached hydrogens (tertiary/aromatic N) is 1. The van der Waals surface area contributed by atoms with Gasteiger partial charge in [-0.3, -0.25) is 0 Å². The van der Waals surface area contributed by atoms with Gasteiger partial charge < -0.3 is 9.64 Å². The number of rotatable bonds is 5. The summed E-state index contributed by atoms with van der Waals surface area (Å²) >= 11 is 0. The summed E-state index contributed by atoms with van der Waals surface area (Å²) in [6.07, 6.45) is 4.81. The van der Waals surface area contributed by atoms with Gasteiger partial charge in [0.15, 0.2) is 0 Å². The smallest absolute Gasteiger partial charge is 0.119 e. The Morgan fingerprint density at radius 3 is 2.04 bits per heavy atom. The molecule has 0 aliphatic carbocycles. The van der Waals surface area contributed by atoms with E-state index in [1.54, 1.807) is 0 Å². The number of allylic oxidation sites excluding steroid dienone is 1. The third-order valence-corrected chi connectivity index (χ3v) is 4.41. The molecule has 0 spiro atoms. The first-order valence-electron chi connectivity index (χ1n) is 8.56. The number of ether oxygens (including phenoxy) is 1. The minimum absolute atomic E-state index is 0.702. The van der Waals surface area contributed by atoms with Gasteiger partial charge in [0.2, 0.25) is 0 Å². The first kappa shape index (κ1) is 15.7. The van der Waals surface area contributed by atoms with Crippen LogP contribution in [0.2, 0.25) is 0 Å². The molecule has 23 heavy (non-hydrogen) atoms. The van der Waals surface area contributed by atoms with E-state index in [9.17, 15) is 0 Å². The lowest BCUT2D eigenvalue weighted by Crippen LogP contribution is -2.17. The Balaban J connectivity index is 1.80. The van der Waals surface area contributed by atoms with Crippen LogP contribution in [0.3, 0.4) is 0 Å². The first-order chi connectivity index (χ1) is 11.3. The molecule has 0 aromatic heterocycles. The second-order valence-corrected chi connectivity index (χ2v) is 5.90. The molecule has 3 rings (SSSR count). The molecule has 1 aliphatic rings. The van der Waals surface area contributed by atoms with E-state index in [0.29, 0.717) is 6.61 Å². The van der Waals surface area contributed by atoms with Gasteiger partial charge in [0.05, 0.1) is 6.61 Å². The highest BCUT2D eigenvalue weighted by molar-refractivity contribution is 5.80. The molecule has 2 heteroatoms. The Kier molecular flexibility index (Phi) is 5.02. The fourth-order valence-corrected chi connectivity index (χ4v) is 3.22. The minimum atomic E-state index is 0.702.